The van der Waals surface area contributed by atoms with E-state index in [9.17, 15) is 9.59 Å². The number of piperidine rings is 1. The third-order valence-electron chi connectivity index (χ3n) is 4.85. The molecule has 2 aromatic carbocycles. The van der Waals surface area contributed by atoms with Crippen LogP contribution in [0.4, 0.5) is 16.2 Å². The zero-order valence-electron chi connectivity index (χ0n) is 15.8. The van der Waals surface area contributed by atoms with Gasteiger partial charge in [-0.3, -0.25) is 4.79 Å². The van der Waals surface area contributed by atoms with E-state index in [0.717, 1.165) is 29.8 Å². The van der Waals surface area contributed by atoms with E-state index in [1.54, 1.807) is 4.90 Å². The van der Waals surface area contributed by atoms with E-state index in [1.807, 2.05) is 54.6 Å². The zero-order valence-corrected chi connectivity index (χ0v) is 16.6. The van der Waals surface area contributed by atoms with E-state index >= 15 is 0 Å². The standard InChI is InChI=1S/C21H26N4O2.ClH/c22-19-9-5-4-6-16(19)10-11-20(26)23-18-12-14-25(15-13-18)21(27)24-17-7-2-1-3-8-17;/h1-9,18H,10-15,22H2,(H,23,26)(H,24,27);1H. The van der Waals surface area contributed by atoms with Crippen LogP contribution in [-0.4, -0.2) is 36.0 Å². The van der Waals surface area contributed by atoms with Gasteiger partial charge in [0.2, 0.25) is 5.91 Å². The molecule has 0 spiro atoms. The number of para-hydroxylation sites is 2. The number of anilines is 2. The normalized spacial score (nSPS) is 14.1. The Hall–Kier alpha value is -2.73. The molecule has 3 rings (SSSR count). The molecule has 0 bridgehead atoms. The summed E-state index contributed by atoms with van der Waals surface area (Å²) in [5, 5.41) is 5.98. The van der Waals surface area contributed by atoms with Crippen LogP contribution in [0.15, 0.2) is 54.6 Å². The highest BCUT2D eigenvalue weighted by Crippen LogP contribution is 2.15. The Labute approximate surface area is 171 Å². The van der Waals surface area contributed by atoms with Gasteiger partial charge in [0.05, 0.1) is 0 Å². The van der Waals surface area contributed by atoms with Crippen LogP contribution in [0.2, 0.25) is 0 Å². The first-order valence-electron chi connectivity index (χ1n) is 9.35. The zero-order chi connectivity index (χ0) is 19.1. The van der Waals surface area contributed by atoms with Crippen LogP contribution in [0.25, 0.3) is 0 Å². The molecular weight excluding hydrogens is 376 g/mol. The lowest BCUT2D eigenvalue weighted by molar-refractivity contribution is -0.122. The van der Waals surface area contributed by atoms with Gasteiger partial charge in [0, 0.05) is 36.9 Å². The number of likely N-dealkylation sites (tertiary alicyclic amines) is 1. The van der Waals surface area contributed by atoms with E-state index < -0.39 is 0 Å². The number of hydrogen-bond donors (Lipinski definition) is 3. The molecule has 1 saturated heterocycles. The van der Waals surface area contributed by atoms with Gasteiger partial charge < -0.3 is 21.3 Å². The SMILES string of the molecule is Cl.Nc1ccccc1CCC(=O)NC1CCN(C(=O)Nc2ccccc2)CC1. The molecule has 0 aromatic heterocycles. The second-order valence-corrected chi connectivity index (χ2v) is 6.82. The second-order valence-electron chi connectivity index (χ2n) is 6.82. The number of halogens is 1. The van der Waals surface area contributed by atoms with Gasteiger partial charge in [-0.05, 0) is 43.0 Å². The third kappa shape index (κ3) is 6.16. The summed E-state index contributed by atoms with van der Waals surface area (Å²) in [6.45, 7) is 1.27. The summed E-state index contributed by atoms with van der Waals surface area (Å²) in [6.07, 6.45) is 2.59. The van der Waals surface area contributed by atoms with Gasteiger partial charge >= 0.3 is 6.03 Å². The van der Waals surface area contributed by atoms with E-state index in [4.69, 9.17) is 5.73 Å². The minimum Gasteiger partial charge on any atom is -0.399 e. The molecule has 6 nitrogen and oxygen atoms in total. The van der Waals surface area contributed by atoms with E-state index in [2.05, 4.69) is 10.6 Å². The number of carbonyl (C=O) groups is 2. The number of rotatable bonds is 5. The molecule has 0 atom stereocenters. The molecule has 3 amide bonds. The molecule has 0 aliphatic carbocycles. The summed E-state index contributed by atoms with van der Waals surface area (Å²) in [6, 6.07) is 17.1. The summed E-state index contributed by atoms with van der Waals surface area (Å²) in [4.78, 5) is 26.3. The van der Waals surface area contributed by atoms with Gasteiger partial charge in [-0.2, -0.15) is 0 Å². The minimum absolute atomic E-state index is 0. The number of amides is 3. The number of nitrogen functional groups attached to an aromatic ring is 1. The van der Waals surface area contributed by atoms with Crippen molar-refractivity contribution in [3.05, 3.63) is 60.2 Å². The van der Waals surface area contributed by atoms with Crippen molar-refractivity contribution in [3.8, 4) is 0 Å². The molecule has 1 aliphatic rings. The second kappa shape index (κ2) is 10.6. The van der Waals surface area contributed by atoms with Crippen LogP contribution < -0.4 is 16.4 Å². The fourth-order valence-electron chi connectivity index (χ4n) is 3.26. The molecule has 28 heavy (non-hydrogen) atoms. The average Bonchev–Trinajstić information content (AvgIpc) is 2.69. The average molecular weight is 403 g/mol. The Morgan fingerprint density at radius 2 is 1.64 bits per heavy atom. The molecule has 7 heteroatoms. The Morgan fingerprint density at radius 3 is 2.32 bits per heavy atom. The summed E-state index contributed by atoms with van der Waals surface area (Å²) < 4.78 is 0. The molecule has 150 valence electrons. The van der Waals surface area contributed by atoms with Crippen LogP contribution in [0, 0.1) is 0 Å². The molecule has 1 aliphatic heterocycles. The number of nitrogens with one attached hydrogen (secondary N) is 2. The van der Waals surface area contributed by atoms with Gasteiger partial charge in [-0.25, -0.2) is 4.79 Å². The van der Waals surface area contributed by atoms with Gasteiger partial charge in [-0.1, -0.05) is 36.4 Å². The van der Waals surface area contributed by atoms with Crippen molar-refractivity contribution in [2.45, 2.75) is 31.7 Å². The molecule has 2 aromatic rings. The minimum atomic E-state index is -0.0921. The summed E-state index contributed by atoms with van der Waals surface area (Å²) >= 11 is 0. The maximum Gasteiger partial charge on any atom is 0.321 e. The topological polar surface area (TPSA) is 87.5 Å². The highest BCUT2D eigenvalue weighted by Gasteiger charge is 2.23. The van der Waals surface area contributed by atoms with E-state index in [0.29, 0.717) is 25.9 Å². The fourth-order valence-corrected chi connectivity index (χ4v) is 3.26. The molecule has 4 N–H and O–H groups in total. The van der Waals surface area contributed by atoms with Crippen LogP contribution >= 0.6 is 12.4 Å². The van der Waals surface area contributed by atoms with Crippen LogP contribution in [0.5, 0.6) is 0 Å². The molecule has 0 radical (unpaired) electrons. The van der Waals surface area contributed by atoms with Crippen molar-refractivity contribution in [2.75, 3.05) is 24.1 Å². The van der Waals surface area contributed by atoms with Gasteiger partial charge in [0.1, 0.15) is 0 Å². The smallest absolute Gasteiger partial charge is 0.321 e. The summed E-state index contributed by atoms with van der Waals surface area (Å²) in [5.74, 6) is 0.0328. The highest BCUT2D eigenvalue weighted by atomic mass is 35.5. The van der Waals surface area contributed by atoms with Crippen molar-refractivity contribution in [3.63, 3.8) is 0 Å². The van der Waals surface area contributed by atoms with Crippen molar-refractivity contribution in [1.82, 2.24) is 10.2 Å². The molecule has 1 fully saturated rings. The van der Waals surface area contributed by atoms with Crippen LogP contribution in [-0.2, 0) is 11.2 Å². The number of benzene rings is 2. The largest absolute Gasteiger partial charge is 0.399 e. The monoisotopic (exact) mass is 402 g/mol. The molecule has 1 heterocycles. The predicted octanol–water partition coefficient (Wildman–Crippen LogP) is 3.44. The number of nitrogens with two attached hydrogens (primary N) is 1. The maximum atomic E-state index is 12.3. The maximum absolute atomic E-state index is 12.3. The first-order chi connectivity index (χ1) is 13.1. The molecule has 0 saturated carbocycles. The van der Waals surface area contributed by atoms with Crippen LogP contribution in [0.3, 0.4) is 0 Å². The lowest BCUT2D eigenvalue weighted by Gasteiger charge is -2.32. The Kier molecular flexibility index (Phi) is 8.14. The van der Waals surface area contributed by atoms with Gasteiger partial charge in [0.15, 0.2) is 0 Å². The fraction of sp³-hybridized carbons (Fsp3) is 0.333. The number of aryl methyl sites for hydroxylation is 1. The Morgan fingerprint density at radius 1 is 1.00 bits per heavy atom. The predicted molar refractivity (Wildman–Crippen MR) is 115 cm³/mol. The lowest BCUT2D eigenvalue weighted by Crippen LogP contribution is -2.47. The van der Waals surface area contributed by atoms with Gasteiger partial charge in [0.25, 0.3) is 0 Å². The third-order valence-corrected chi connectivity index (χ3v) is 4.85. The number of carbonyl (C=O) groups excluding carboxylic acids is 2. The lowest BCUT2D eigenvalue weighted by atomic mass is 10.0. The Bertz CT molecular complexity index is 777. The molecule has 0 unspecified atom stereocenters. The molecular formula is C21H27ClN4O2. The first-order valence-corrected chi connectivity index (χ1v) is 9.35. The van der Waals surface area contributed by atoms with Crippen molar-refractivity contribution < 1.29 is 9.59 Å². The Balaban J connectivity index is 0.00000280. The van der Waals surface area contributed by atoms with Gasteiger partial charge in [-0.15, -0.1) is 12.4 Å². The van der Waals surface area contributed by atoms with Crippen molar-refractivity contribution >= 4 is 35.7 Å². The highest BCUT2D eigenvalue weighted by molar-refractivity contribution is 5.89. The van der Waals surface area contributed by atoms with Crippen LogP contribution in [0.1, 0.15) is 24.8 Å². The van der Waals surface area contributed by atoms with E-state index in [1.165, 1.54) is 0 Å². The van der Waals surface area contributed by atoms with E-state index in [-0.39, 0.29) is 30.4 Å². The number of hydrogen-bond acceptors (Lipinski definition) is 3. The number of nitrogens with zero attached hydrogens (tertiary/aromatic N) is 1. The first kappa shape index (κ1) is 21.6. The quantitative estimate of drug-likeness (QED) is 0.669. The van der Waals surface area contributed by atoms with Crippen molar-refractivity contribution in [2.24, 2.45) is 0 Å². The summed E-state index contributed by atoms with van der Waals surface area (Å²) in [7, 11) is 0. The van der Waals surface area contributed by atoms with Crippen molar-refractivity contribution in [1.29, 1.82) is 0 Å². The summed E-state index contributed by atoms with van der Waals surface area (Å²) in [5.41, 5.74) is 8.43. The number of urea groups is 1.